The second-order valence-electron chi connectivity index (χ2n) is 22.5. The van der Waals surface area contributed by atoms with E-state index in [0.717, 1.165) is 0 Å². The summed E-state index contributed by atoms with van der Waals surface area (Å²) in [6.07, 6.45) is 12.9. The van der Waals surface area contributed by atoms with Crippen LogP contribution in [0.15, 0.2) is 237 Å². The molecular weight excluding hydrogens is 928 g/mol. The molecule has 11 aromatic carbocycles. The highest BCUT2D eigenvalue weighted by atomic mass is 15.2. The van der Waals surface area contributed by atoms with Crippen molar-refractivity contribution in [3.05, 3.63) is 248 Å². The van der Waals surface area contributed by atoms with Crippen LogP contribution >= 0.6 is 0 Å². The van der Waals surface area contributed by atoms with E-state index >= 15 is 0 Å². The van der Waals surface area contributed by atoms with Gasteiger partial charge < -0.3 is 9.80 Å². The van der Waals surface area contributed by atoms with Crippen LogP contribution in [0.5, 0.6) is 0 Å². The van der Waals surface area contributed by atoms with E-state index in [2.05, 4.69) is 246 Å². The van der Waals surface area contributed by atoms with Crippen LogP contribution in [-0.4, -0.2) is 6.71 Å². The molecule has 370 valence electrons. The minimum atomic E-state index is 0.0361. The van der Waals surface area contributed by atoms with Gasteiger partial charge >= 0.3 is 0 Å². The predicted molar refractivity (Wildman–Crippen MR) is 329 cm³/mol. The normalized spacial score (nSPS) is 15.4. The molecule has 0 radical (unpaired) electrons. The van der Waals surface area contributed by atoms with Crippen molar-refractivity contribution in [2.45, 2.75) is 76.0 Å². The van der Waals surface area contributed by atoms with Crippen molar-refractivity contribution < 1.29 is 0 Å². The fourth-order valence-electron chi connectivity index (χ4n) is 14.0. The Labute approximate surface area is 454 Å². The van der Waals surface area contributed by atoms with E-state index in [4.69, 9.17) is 0 Å². The van der Waals surface area contributed by atoms with Gasteiger partial charge in [-0.15, -0.1) is 0 Å². The van der Waals surface area contributed by atoms with Crippen molar-refractivity contribution >= 4 is 78.8 Å². The lowest BCUT2D eigenvalue weighted by Gasteiger charge is -2.45. The third-order valence-electron chi connectivity index (χ3n) is 17.9. The maximum absolute atomic E-state index is 2.66. The summed E-state index contributed by atoms with van der Waals surface area (Å²) in [5, 5.41) is 5.02. The van der Waals surface area contributed by atoms with Crippen LogP contribution in [0.3, 0.4) is 0 Å². The molecule has 0 atom stereocenters. The summed E-state index contributed by atoms with van der Waals surface area (Å²) in [5.74, 6) is 1.13. The van der Waals surface area contributed by atoms with E-state index in [1.807, 2.05) is 0 Å². The maximum atomic E-state index is 2.66. The zero-order valence-electron chi connectivity index (χ0n) is 43.7. The van der Waals surface area contributed by atoms with Crippen LogP contribution in [-0.2, 0) is 0 Å². The second-order valence-corrected chi connectivity index (χ2v) is 22.5. The summed E-state index contributed by atoms with van der Waals surface area (Å²) < 4.78 is 0. The summed E-state index contributed by atoms with van der Waals surface area (Å²) in [6.45, 7) is 0.0361. The van der Waals surface area contributed by atoms with Crippen molar-refractivity contribution in [1.29, 1.82) is 0 Å². The third-order valence-corrected chi connectivity index (χ3v) is 17.9. The van der Waals surface area contributed by atoms with Gasteiger partial charge in [0.25, 0.3) is 6.71 Å². The Balaban J connectivity index is 0.991. The van der Waals surface area contributed by atoms with Crippen molar-refractivity contribution in [3.63, 3.8) is 0 Å². The van der Waals surface area contributed by atoms with Gasteiger partial charge in [-0.25, -0.2) is 0 Å². The van der Waals surface area contributed by atoms with Gasteiger partial charge in [0.2, 0.25) is 0 Å². The minimum Gasteiger partial charge on any atom is -0.311 e. The van der Waals surface area contributed by atoms with E-state index in [-0.39, 0.29) is 6.71 Å². The highest BCUT2D eigenvalue weighted by Crippen LogP contribution is 2.49. The molecule has 11 aromatic rings. The maximum Gasteiger partial charge on any atom is 0.252 e. The fraction of sp³-hybridized carbons (Fsp3) is 0.162. The lowest BCUT2D eigenvalue weighted by Crippen LogP contribution is -2.61. The summed E-state index contributed by atoms with van der Waals surface area (Å²) >= 11 is 0. The fourth-order valence-corrected chi connectivity index (χ4v) is 14.0. The van der Waals surface area contributed by atoms with E-state index in [0.29, 0.717) is 11.8 Å². The molecule has 2 saturated carbocycles. The molecule has 2 heterocycles. The van der Waals surface area contributed by atoms with Crippen LogP contribution in [0.25, 0.3) is 66.1 Å². The smallest absolute Gasteiger partial charge is 0.252 e. The van der Waals surface area contributed by atoms with Gasteiger partial charge in [0.05, 0.1) is 0 Å². The minimum absolute atomic E-state index is 0.0361. The van der Waals surface area contributed by atoms with Gasteiger partial charge in [-0.3, -0.25) is 0 Å². The number of hydrogen-bond acceptors (Lipinski definition) is 2. The van der Waals surface area contributed by atoms with Crippen LogP contribution in [0.1, 0.15) is 87.2 Å². The lowest BCUT2D eigenvalue weighted by molar-refractivity contribution is 0.444. The van der Waals surface area contributed by atoms with Gasteiger partial charge in [0.15, 0.2) is 0 Å². The van der Waals surface area contributed by atoms with Gasteiger partial charge in [0, 0.05) is 34.1 Å². The first-order valence-electron chi connectivity index (χ1n) is 28.6. The molecule has 0 aromatic heterocycles. The van der Waals surface area contributed by atoms with Gasteiger partial charge in [0.1, 0.15) is 0 Å². The summed E-state index contributed by atoms with van der Waals surface area (Å²) in [5.41, 5.74) is 24.3. The molecule has 15 rings (SSSR count). The van der Waals surface area contributed by atoms with E-state index < -0.39 is 0 Å². The van der Waals surface area contributed by atoms with Crippen molar-refractivity contribution in [1.82, 2.24) is 0 Å². The summed E-state index contributed by atoms with van der Waals surface area (Å²) in [7, 11) is 0. The number of anilines is 6. The molecule has 3 heteroatoms. The lowest BCUT2D eigenvalue weighted by atomic mass is 9.33. The molecule has 0 bridgehead atoms. The highest BCUT2D eigenvalue weighted by molar-refractivity contribution is 7.00. The molecule has 0 saturated heterocycles. The standard InChI is InChI=1S/C74H61BN2/c1-5-18-50(19-6-1)60-36-38-68-72(48-60)76(66-44-62(52-22-9-3-10-23-52)42-64(46-66)58-34-32-54-26-13-15-28-56(54)40-58)70-30-17-31-71-74(70)75(68)69-39-37-61(51-20-7-2-8-21-51)49-73(69)77(71)67-45-63(53-24-11-4-12-25-53)43-65(47-67)59-35-33-55-27-14-16-29-57(55)41-59/h3-4,9-17,22-51H,1-2,5-8,18-21H2. The average Bonchev–Trinajstić information content (AvgIpc) is 3.60. The first kappa shape index (κ1) is 46.0. The predicted octanol–water partition coefficient (Wildman–Crippen LogP) is 18.8. The molecule has 0 spiro atoms. The molecule has 77 heavy (non-hydrogen) atoms. The van der Waals surface area contributed by atoms with Gasteiger partial charge in [-0.05, 0) is 204 Å². The molecule has 0 amide bonds. The number of hydrogen-bond donors (Lipinski definition) is 0. The second kappa shape index (κ2) is 19.3. The molecule has 0 N–H and O–H groups in total. The van der Waals surface area contributed by atoms with Crippen LogP contribution in [0, 0.1) is 0 Å². The van der Waals surface area contributed by atoms with Crippen LogP contribution in [0.2, 0.25) is 0 Å². The first-order chi connectivity index (χ1) is 38.1. The van der Waals surface area contributed by atoms with Crippen molar-refractivity contribution in [2.75, 3.05) is 9.80 Å². The van der Waals surface area contributed by atoms with Crippen molar-refractivity contribution in [3.8, 4) is 44.5 Å². The highest BCUT2D eigenvalue weighted by Gasteiger charge is 2.44. The topological polar surface area (TPSA) is 6.48 Å². The van der Waals surface area contributed by atoms with E-state index in [1.54, 1.807) is 0 Å². The number of fused-ring (bicyclic) bond motifs is 6. The Morgan fingerprint density at radius 1 is 0.273 bits per heavy atom. The summed E-state index contributed by atoms with van der Waals surface area (Å²) in [6, 6.07) is 90.7. The monoisotopic (exact) mass is 988 g/mol. The number of nitrogens with zero attached hydrogens (tertiary/aromatic N) is 2. The molecule has 2 nitrogen and oxygen atoms in total. The Kier molecular flexibility index (Phi) is 11.5. The number of benzene rings is 11. The largest absolute Gasteiger partial charge is 0.311 e. The average molecular weight is 989 g/mol. The molecule has 0 unspecified atom stereocenters. The van der Waals surface area contributed by atoms with E-state index in [9.17, 15) is 0 Å². The Hall–Kier alpha value is -8.40. The molecule has 2 aliphatic heterocycles. The van der Waals surface area contributed by atoms with E-state index in [1.165, 1.54) is 192 Å². The Morgan fingerprint density at radius 3 is 1.12 bits per heavy atom. The van der Waals surface area contributed by atoms with Gasteiger partial charge in [-0.1, -0.05) is 202 Å². The first-order valence-corrected chi connectivity index (χ1v) is 28.6. The van der Waals surface area contributed by atoms with Crippen molar-refractivity contribution in [2.24, 2.45) is 0 Å². The molecular formula is C74H61BN2. The molecule has 2 fully saturated rings. The zero-order valence-corrected chi connectivity index (χ0v) is 43.7. The Morgan fingerprint density at radius 2 is 0.675 bits per heavy atom. The number of rotatable bonds is 8. The van der Waals surface area contributed by atoms with Gasteiger partial charge in [-0.2, -0.15) is 0 Å². The Bertz CT molecular complexity index is 3780. The molecule has 4 aliphatic rings. The molecule has 2 aliphatic carbocycles. The van der Waals surface area contributed by atoms with Crippen LogP contribution in [0.4, 0.5) is 34.1 Å². The van der Waals surface area contributed by atoms with Crippen LogP contribution < -0.4 is 26.2 Å². The quantitative estimate of drug-likeness (QED) is 0.140. The summed E-state index contributed by atoms with van der Waals surface area (Å²) in [4.78, 5) is 5.32. The zero-order chi connectivity index (χ0) is 50.8. The third kappa shape index (κ3) is 8.27. The SMILES string of the molecule is c1ccc(-c2cc(-c3ccc4ccccc4c3)cc(N3c4cc(C5CCCCC5)ccc4B4c5ccc(C6CCCCC6)cc5N(c5cc(-c6ccccc6)cc(-c6ccc7ccccc7c6)c5)c5cccc3c54)c2)cc1.